The first-order valence-corrected chi connectivity index (χ1v) is 6.26. The molecule has 0 unspecified atom stereocenters. The summed E-state index contributed by atoms with van der Waals surface area (Å²) in [7, 11) is 0. The van der Waals surface area contributed by atoms with Gasteiger partial charge in [-0.05, 0) is 26.0 Å². The van der Waals surface area contributed by atoms with Crippen LogP contribution in [-0.2, 0) is 0 Å². The minimum atomic E-state index is -2.99. The van der Waals surface area contributed by atoms with E-state index in [4.69, 9.17) is 0 Å². The highest BCUT2D eigenvalue weighted by molar-refractivity contribution is 5.95. The second kappa shape index (κ2) is 5.90. The predicted octanol–water partition coefficient (Wildman–Crippen LogP) is 3.43. The zero-order valence-electron chi connectivity index (χ0n) is 11.5. The van der Waals surface area contributed by atoms with Crippen LogP contribution < -0.4 is 4.74 Å². The largest absolute Gasteiger partial charge is 0.478 e. The molecular formula is C14H14F2N2O3. The van der Waals surface area contributed by atoms with Crippen molar-refractivity contribution < 1.29 is 23.4 Å². The molecule has 1 heterocycles. The Labute approximate surface area is 119 Å². The third-order valence-corrected chi connectivity index (χ3v) is 2.85. The second-order valence-electron chi connectivity index (χ2n) is 4.64. The number of para-hydroxylation sites is 1. The number of carbonyl (C=O) groups is 1. The van der Waals surface area contributed by atoms with Gasteiger partial charge in [-0.2, -0.15) is 13.9 Å². The summed E-state index contributed by atoms with van der Waals surface area (Å²) < 4.78 is 30.8. The summed E-state index contributed by atoms with van der Waals surface area (Å²) in [6.07, 6.45) is 1.38. The van der Waals surface area contributed by atoms with Crippen molar-refractivity contribution >= 4 is 5.97 Å². The van der Waals surface area contributed by atoms with Crippen LogP contribution in [0.4, 0.5) is 8.78 Å². The summed E-state index contributed by atoms with van der Waals surface area (Å²) in [4.78, 5) is 11.3. The molecule has 0 aliphatic rings. The van der Waals surface area contributed by atoms with Gasteiger partial charge in [0.25, 0.3) is 0 Å². The predicted molar refractivity (Wildman–Crippen MR) is 71.6 cm³/mol. The Morgan fingerprint density at radius 2 is 2.00 bits per heavy atom. The quantitative estimate of drug-likeness (QED) is 0.918. The molecule has 0 radical (unpaired) electrons. The van der Waals surface area contributed by atoms with Gasteiger partial charge in [0.2, 0.25) is 0 Å². The Bertz CT molecular complexity index is 653. The lowest BCUT2D eigenvalue weighted by molar-refractivity contribution is -0.0494. The van der Waals surface area contributed by atoms with Crippen molar-refractivity contribution in [3.8, 4) is 17.0 Å². The standard InChI is InChI=1S/C14H14F2N2O3/c1-8(2)18-7-10(13(19)20)12(17-18)9-5-3-4-6-11(9)21-14(15)16/h3-8,14H,1-2H3,(H,19,20). The van der Waals surface area contributed by atoms with Gasteiger partial charge >= 0.3 is 12.6 Å². The number of carboxylic acids is 1. The Morgan fingerprint density at radius 3 is 2.57 bits per heavy atom. The van der Waals surface area contributed by atoms with Crippen LogP contribution in [0.25, 0.3) is 11.3 Å². The van der Waals surface area contributed by atoms with Crippen molar-refractivity contribution in [2.24, 2.45) is 0 Å². The van der Waals surface area contributed by atoms with E-state index >= 15 is 0 Å². The summed E-state index contributed by atoms with van der Waals surface area (Å²) in [5.74, 6) is -1.28. The van der Waals surface area contributed by atoms with Crippen molar-refractivity contribution in [2.75, 3.05) is 0 Å². The van der Waals surface area contributed by atoms with E-state index in [-0.39, 0.29) is 28.6 Å². The number of aromatic carboxylic acids is 1. The monoisotopic (exact) mass is 296 g/mol. The maximum Gasteiger partial charge on any atom is 0.387 e. The molecule has 1 N–H and O–H groups in total. The number of benzene rings is 1. The summed E-state index contributed by atoms with van der Waals surface area (Å²) >= 11 is 0. The Kier molecular flexibility index (Phi) is 4.21. The number of hydrogen-bond donors (Lipinski definition) is 1. The molecule has 7 heteroatoms. The summed E-state index contributed by atoms with van der Waals surface area (Å²) in [5.41, 5.74) is 0.260. The molecule has 0 aliphatic carbocycles. The molecule has 0 aliphatic heterocycles. The minimum Gasteiger partial charge on any atom is -0.478 e. The molecule has 0 saturated carbocycles. The molecule has 0 spiro atoms. The molecular weight excluding hydrogens is 282 g/mol. The molecule has 0 atom stereocenters. The topological polar surface area (TPSA) is 64.4 Å². The molecule has 2 rings (SSSR count). The number of nitrogens with zero attached hydrogens (tertiary/aromatic N) is 2. The summed E-state index contributed by atoms with van der Waals surface area (Å²) in [6.45, 7) is 0.681. The van der Waals surface area contributed by atoms with Gasteiger partial charge in [-0.15, -0.1) is 0 Å². The van der Waals surface area contributed by atoms with Gasteiger partial charge in [0.1, 0.15) is 17.0 Å². The first-order chi connectivity index (χ1) is 9.90. The van der Waals surface area contributed by atoms with Crippen molar-refractivity contribution in [3.63, 3.8) is 0 Å². The van der Waals surface area contributed by atoms with Crippen LogP contribution >= 0.6 is 0 Å². The first kappa shape index (κ1) is 15.0. The molecule has 2 aromatic rings. The normalized spacial score (nSPS) is 11.1. The number of halogens is 2. The highest BCUT2D eigenvalue weighted by Gasteiger charge is 2.21. The lowest BCUT2D eigenvalue weighted by Crippen LogP contribution is -2.04. The maximum absolute atomic E-state index is 12.4. The van der Waals surface area contributed by atoms with Crippen LogP contribution in [0.5, 0.6) is 5.75 Å². The van der Waals surface area contributed by atoms with E-state index in [1.165, 1.54) is 29.1 Å². The van der Waals surface area contributed by atoms with Crippen LogP contribution in [0.3, 0.4) is 0 Å². The molecule has 112 valence electrons. The average Bonchev–Trinajstić information content (AvgIpc) is 2.84. The number of alkyl halides is 2. The average molecular weight is 296 g/mol. The van der Waals surface area contributed by atoms with E-state index < -0.39 is 12.6 Å². The van der Waals surface area contributed by atoms with Crippen molar-refractivity contribution in [1.29, 1.82) is 0 Å². The van der Waals surface area contributed by atoms with Gasteiger partial charge < -0.3 is 9.84 Å². The van der Waals surface area contributed by atoms with E-state index in [0.29, 0.717) is 0 Å². The Hall–Kier alpha value is -2.44. The van der Waals surface area contributed by atoms with Gasteiger partial charge in [-0.3, -0.25) is 4.68 Å². The maximum atomic E-state index is 12.4. The van der Waals surface area contributed by atoms with Gasteiger partial charge in [0.15, 0.2) is 0 Å². The van der Waals surface area contributed by atoms with Crippen LogP contribution in [-0.4, -0.2) is 27.5 Å². The van der Waals surface area contributed by atoms with E-state index in [1.807, 2.05) is 13.8 Å². The van der Waals surface area contributed by atoms with E-state index in [0.717, 1.165) is 0 Å². The SMILES string of the molecule is CC(C)n1cc(C(=O)O)c(-c2ccccc2OC(F)F)n1. The fourth-order valence-corrected chi connectivity index (χ4v) is 1.87. The minimum absolute atomic E-state index is 0.0555. The van der Waals surface area contributed by atoms with E-state index in [9.17, 15) is 18.7 Å². The number of rotatable bonds is 5. The zero-order valence-corrected chi connectivity index (χ0v) is 11.5. The van der Waals surface area contributed by atoms with E-state index in [1.54, 1.807) is 6.07 Å². The van der Waals surface area contributed by atoms with Crippen LogP contribution in [0.15, 0.2) is 30.5 Å². The molecule has 1 aromatic carbocycles. The third kappa shape index (κ3) is 3.18. The fraction of sp³-hybridized carbons (Fsp3) is 0.286. The first-order valence-electron chi connectivity index (χ1n) is 6.26. The number of ether oxygens (including phenoxy) is 1. The number of carboxylic acid groups (broad SMARTS) is 1. The highest BCUT2D eigenvalue weighted by Crippen LogP contribution is 2.32. The summed E-state index contributed by atoms with van der Waals surface area (Å²) in [6, 6.07) is 5.92. The van der Waals surface area contributed by atoms with Crippen LogP contribution in [0, 0.1) is 0 Å². The van der Waals surface area contributed by atoms with E-state index in [2.05, 4.69) is 9.84 Å². The lowest BCUT2D eigenvalue weighted by Gasteiger charge is -2.09. The highest BCUT2D eigenvalue weighted by atomic mass is 19.3. The fourth-order valence-electron chi connectivity index (χ4n) is 1.87. The Morgan fingerprint density at radius 1 is 1.33 bits per heavy atom. The zero-order chi connectivity index (χ0) is 15.6. The van der Waals surface area contributed by atoms with Crippen molar-refractivity contribution in [1.82, 2.24) is 9.78 Å². The number of hydrogen-bond acceptors (Lipinski definition) is 3. The smallest absolute Gasteiger partial charge is 0.387 e. The number of aromatic nitrogens is 2. The van der Waals surface area contributed by atoms with Crippen molar-refractivity contribution in [3.05, 3.63) is 36.0 Å². The van der Waals surface area contributed by atoms with Crippen LogP contribution in [0.1, 0.15) is 30.2 Å². The molecule has 0 amide bonds. The van der Waals surface area contributed by atoms with Gasteiger partial charge in [0, 0.05) is 17.8 Å². The third-order valence-electron chi connectivity index (χ3n) is 2.85. The lowest BCUT2D eigenvalue weighted by atomic mass is 10.1. The second-order valence-corrected chi connectivity index (χ2v) is 4.64. The van der Waals surface area contributed by atoms with Gasteiger partial charge in [-0.1, -0.05) is 12.1 Å². The van der Waals surface area contributed by atoms with Crippen LogP contribution in [0.2, 0.25) is 0 Å². The molecule has 0 bridgehead atoms. The van der Waals surface area contributed by atoms with Crippen molar-refractivity contribution in [2.45, 2.75) is 26.5 Å². The van der Waals surface area contributed by atoms with Gasteiger partial charge in [-0.25, -0.2) is 4.79 Å². The molecule has 1 aromatic heterocycles. The molecule has 21 heavy (non-hydrogen) atoms. The molecule has 5 nitrogen and oxygen atoms in total. The molecule has 0 fully saturated rings. The molecule has 0 saturated heterocycles. The van der Waals surface area contributed by atoms with Gasteiger partial charge in [0.05, 0.1) is 0 Å². The Balaban J connectivity index is 2.58. The summed E-state index contributed by atoms with van der Waals surface area (Å²) in [5, 5.41) is 13.4.